The highest BCUT2D eigenvalue weighted by Crippen LogP contribution is 2.32. The molecule has 1 N–H and O–H groups in total. The Kier molecular flexibility index (Phi) is 5.52. The third-order valence-corrected chi connectivity index (χ3v) is 5.43. The van der Waals surface area contributed by atoms with Gasteiger partial charge in [0.2, 0.25) is 0 Å². The summed E-state index contributed by atoms with van der Waals surface area (Å²) >= 11 is 0. The van der Waals surface area contributed by atoms with Crippen LogP contribution >= 0.6 is 0 Å². The molecule has 0 radical (unpaired) electrons. The number of amides is 1. The van der Waals surface area contributed by atoms with Crippen molar-refractivity contribution in [2.24, 2.45) is 11.8 Å². The van der Waals surface area contributed by atoms with Crippen LogP contribution in [0, 0.1) is 11.8 Å². The fourth-order valence-electron chi connectivity index (χ4n) is 3.73. The number of aromatic hydroxyl groups is 1. The van der Waals surface area contributed by atoms with Crippen molar-refractivity contribution in [3.05, 3.63) is 23.8 Å². The van der Waals surface area contributed by atoms with E-state index in [1.54, 1.807) is 19.2 Å². The molecule has 1 unspecified atom stereocenters. The van der Waals surface area contributed by atoms with Gasteiger partial charge in [-0.1, -0.05) is 13.8 Å². The normalized spacial score (nSPS) is 22.1. The summed E-state index contributed by atoms with van der Waals surface area (Å²) in [6, 6.07) is 5.27. The second-order valence-corrected chi connectivity index (χ2v) is 7.74. The summed E-state index contributed by atoms with van der Waals surface area (Å²) in [4.78, 5) is 17.5. The van der Waals surface area contributed by atoms with Gasteiger partial charge in [0.1, 0.15) is 11.5 Å². The molecule has 0 aromatic heterocycles. The van der Waals surface area contributed by atoms with Gasteiger partial charge in [0, 0.05) is 38.3 Å². The number of rotatable bonds is 5. The first-order valence-electron chi connectivity index (χ1n) is 9.40. The van der Waals surface area contributed by atoms with E-state index in [0.717, 1.165) is 32.0 Å². The van der Waals surface area contributed by atoms with Crippen molar-refractivity contribution < 1.29 is 14.6 Å². The molecule has 1 aromatic rings. The van der Waals surface area contributed by atoms with Crippen molar-refractivity contribution in [2.75, 3.05) is 33.3 Å². The van der Waals surface area contributed by atoms with E-state index in [4.69, 9.17) is 4.74 Å². The Bertz CT molecular complexity index is 613. The number of hydrogen-bond donors (Lipinski definition) is 1. The third kappa shape index (κ3) is 4.27. The van der Waals surface area contributed by atoms with Gasteiger partial charge in [-0.15, -0.1) is 0 Å². The van der Waals surface area contributed by atoms with Crippen LogP contribution < -0.4 is 4.74 Å². The molecule has 1 aliphatic heterocycles. The van der Waals surface area contributed by atoms with E-state index < -0.39 is 0 Å². The topological polar surface area (TPSA) is 53.0 Å². The number of nitrogens with zero attached hydrogens (tertiary/aromatic N) is 2. The number of carbonyl (C=O) groups excluding carboxylic acids is 1. The van der Waals surface area contributed by atoms with Crippen LogP contribution in [0.3, 0.4) is 0 Å². The molecule has 5 heteroatoms. The molecule has 1 atom stereocenters. The Morgan fingerprint density at radius 3 is 2.68 bits per heavy atom. The Morgan fingerprint density at radius 2 is 2.08 bits per heavy atom. The van der Waals surface area contributed by atoms with Crippen LogP contribution in [0.1, 0.15) is 43.5 Å². The molecule has 0 bridgehead atoms. The maximum absolute atomic E-state index is 13.0. The highest BCUT2D eigenvalue weighted by atomic mass is 16.5. The molecule has 1 saturated heterocycles. The zero-order valence-electron chi connectivity index (χ0n) is 15.6. The second kappa shape index (κ2) is 7.65. The molecule has 5 nitrogen and oxygen atoms in total. The largest absolute Gasteiger partial charge is 0.507 e. The lowest BCUT2D eigenvalue weighted by atomic mass is 10.0. The van der Waals surface area contributed by atoms with Gasteiger partial charge in [0.15, 0.2) is 0 Å². The van der Waals surface area contributed by atoms with Gasteiger partial charge < -0.3 is 14.7 Å². The zero-order chi connectivity index (χ0) is 18.0. The molecule has 1 aliphatic carbocycles. The quantitative estimate of drug-likeness (QED) is 0.890. The van der Waals surface area contributed by atoms with Crippen molar-refractivity contribution in [3.8, 4) is 11.5 Å². The molecule has 1 aromatic carbocycles. The maximum Gasteiger partial charge on any atom is 0.257 e. The summed E-state index contributed by atoms with van der Waals surface area (Å²) in [6.45, 7) is 8.17. The van der Waals surface area contributed by atoms with E-state index in [2.05, 4.69) is 18.7 Å². The maximum atomic E-state index is 13.0. The van der Waals surface area contributed by atoms with E-state index in [1.807, 2.05) is 4.90 Å². The van der Waals surface area contributed by atoms with E-state index >= 15 is 0 Å². The molecule has 0 spiro atoms. The van der Waals surface area contributed by atoms with Gasteiger partial charge in [-0.25, -0.2) is 0 Å². The van der Waals surface area contributed by atoms with Crippen molar-refractivity contribution in [1.29, 1.82) is 0 Å². The highest BCUT2D eigenvalue weighted by molar-refractivity contribution is 5.97. The van der Waals surface area contributed by atoms with Crippen LogP contribution in [-0.4, -0.2) is 60.1 Å². The summed E-state index contributed by atoms with van der Waals surface area (Å²) in [6.07, 6.45) is 3.69. The smallest absolute Gasteiger partial charge is 0.257 e. The predicted molar refractivity (Wildman–Crippen MR) is 98.1 cm³/mol. The first-order chi connectivity index (χ1) is 12.0. The van der Waals surface area contributed by atoms with Gasteiger partial charge in [0.05, 0.1) is 12.7 Å². The van der Waals surface area contributed by atoms with Crippen molar-refractivity contribution in [3.63, 3.8) is 0 Å². The van der Waals surface area contributed by atoms with Gasteiger partial charge in [-0.05, 0) is 43.2 Å². The molecule has 1 saturated carbocycles. The summed E-state index contributed by atoms with van der Waals surface area (Å²) in [5.74, 6) is 1.81. The monoisotopic (exact) mass is 346 g/mol. The van der Waals surface area contributed by atoms with Crippen LogP contribution in [0.4, 0.5) is 0 Å². The Morgan fingerprint density at radius 1 is 1.32 bits per heavy atom. The van der Waals surface area contributed by atoms with Crippen molar-refractivity contribution in [2.45, 2.75) is 39.2 Å². The minimum absolute atomic E-state index is 0.00969. The Balaban J connectivity index is 1.75. The van der Waals surface area contributed by atoms with E-state index in [0.29, 0.717) is 23.3 Å². The van der Waals surface area contributed by atoms with E-state index in [9.17, 15) is 9.90 Å². The van der Waals surface area contributed by atoms with E-state index in [1.165, 1.54) is 25.5 Å². The van der Waals surface area contributed by atoms with Crippen LogP contribution in [-0.2, 0) is 0 Å². The third-order valence-electron chi connectivity index (χ3n) is 5.43. The van der Waals surface area contributed by atoms with E-state index in [-0.39, 0.29) is 11.7 Å². The standard InChI is InChI=1S/C20H30N2O3/c1-14(2)18-13-22(10-4-9-21(18)12-15-5-6-15)20(24)17-8-7-16(25-3)11-19(17)23/h7-8,11,14-15,18,23H,4-6,9-10,12-13H2,1-3H3. The van der Waals surface area contributed by atoms with Gasteiger partial charge in [-0.3, -0.25) is 9.69 Å². The molecular weight excluding hydrogens is 316 g/mol. The van der Waals surface area contributed by atoms with Gasteiger partial charge in [0.25, 0.3) is 5.91 Å². The number of phenols is 1. The molecule has 3 rings (SSSR count). The number of benzene rings is 1. The first kappa shape index (κ1) is 18.1. The molecular formula is C20H30N2O3. The average molecular weight is 346 g/mol. The zero-order valence-corrected chi connectivity index (χ0v) is 15.6. The molecule has 25 heavy (non-hydrogen) atoms. The van der Waals surface area contributed by atoms with Crippen LogP contribution in [0.2, 0.25) is 0 Å². The van der Waals surface area contributed by atoms with Crippen LogP contribution in [0.15, 0.2) is 18.2 Å². The fourth-order valence-corrected chi connectivity index (χ4v) is 3.73. The molecule has 1 amide bonds. The lowest BCUT2D eigenvalue weighted by molar-refractivity contribution is 0.0701. The fraction of sp³-hybridized carbons (Fsp3) is 0.650. The lowest BCUT2D eigenvalue weighted by Gasteiger charge is -2.34. The van der Waals surface area contributed by atoms with Crippen molar-refractivity contribution >= 4 is 5.91 Å². The molecule has 138 valence electrons. The minimum Gasteiger partial charge on any atom is -0.507 e. The summed E-state index contributed by atoms with van der Waals surface area (Å²) in [5, 5.41) is 10.2. The summed E-state index contributed by atoms with van der Waals surface area (Å²) in [7, 11) is 1.55. The number of methoxy groups -OCH3 is 1. The average Bonchev–Trinajstić information content (AvgIpc) is 3.41. The number of ether oxygens (including phenoxy) is 1. The van der Waals surface area contributed by atoms with Crippen molar-refractivity contribution in [1.82, 2.24) is 9.80 Å². The van der Waals surface area contributed by atoms with Crippen LogP contribution in [0.25, 0.3) is 0 Å². The lowest BCUT2D eigenvalue weighted by Crippen LogP contribution is -2.46. The van der Waals surface area contributed by atoms with Gasteiger partial charge in [-0.2, -0.15) is 0 Å². The SMILES string of the molecule is COc1ccc(C(=O)N2CCCN(CC3CC3)C(C(C)C)C2)c(O)c1. The number of hydrogen-bond acceptors (Lipinski definition) is 4. The molecule has 2 aliphatic rings. The first-order valence-corrected chi connectivity index (χ1v) is 9.40. The molecule has 1 heterocycles. The second-order valence-electron chi connectivity index (χ2n) is 7.74. The Hall–Kier alpha value is -1.75. The molecule has 2 fully saturated rings. The summed E-state index contributed by atoms with van der Waals surface area (Å²) < 4.78 is 5.11. The highest BCUT2D eigenvalue weighted by Gasteiger charge is 2.33. The number of carbonyl (C=O) groups is 1. The summed E-state index contributed by atoms with van der Waals surface area (Å²) in [5.41, 5.74) is 0.360. The van der Waals surface area contributed by atoms with Crippen LogP contribution in [0.5, 0.6) is 11.5 Å². The minimum atomic E-state index is -0.0842. The van der Waals surface area contributed by atoms with Gasteiger partial charge >= 0.3 is 0 Å². The number of phenolic OH excluding ortho intramolecular Hbond substituents is 1. The predicted octanol–water partition coefficient (Wildman–Crippen LogP) is 2.98. The Labute approximate surface area is 150 Å².